The number of carbonyl (C=O) groups excluding carboxylic acids is 1. The van der Waals surface area contributed by atoms with E-state index in [2.05, 4.69) is 32.5 Å². The second kappa shape index (κ2) is 8.35. The molecule has 3 aromatic rings. The van der Waals surface area contributed by atoms with E-state index < -0.39 is 0 Å². The molecule has 0 radical (unpaired) electrons. The summed E-state index contributed by atoms with van der Waals surface area (Å²) in [5.74, 6) is 1.71. The van der Waals surface area contributed by atoms with Crippen LogP contribution >= 0.6 is 0 Å². The molecule has 3 heterocycles. The highest BCUT2D eigenvalue weighted by molar-refractivity contribution is 5.93. The quantitative estimate of drug-likeness (QED) is 0.516. The van der Waals surface area contributed by atoms with E-state index in [0.717, 1.165) is 30.7 Å². The van der Waals surface area contributed by atoms with Crippen LogP contribution in [0.5, 0.6) is 11.5 Å². The fraction of sp³-hybridized carbons (Fsp3) is 0.292. The van der Waals surface area contributed by atoms with Crippen LogP contribution in [0.4, 0.5) is 0 Å². The number of hydrogen-bond donors (Lipinski definition) is 3. The van der Waals surface area contributed by atoms with Crippen molar-refractivity contribution in [1.29, 1.82) is 0 Å². The zero-order chi connectivity index (χ0) is 21.2. The number of ether oxygens (including phenoxy) is 1. The number of hydrogen-bond acceptors (Lipinski definition) is 5. The second-order valence-corrected chi connectivity index (χ2v) is 8.19. The first-order chi connectivity index (χ1) is 15.2. The molecule has 2 aromatic carbocycles. The van der Waals surface area contributed by atoms with E-state index in [4.69, 9.17) is 4.74 Å². The lowest BCUT2D eigenvalue weighted by atomic mass is 9.85. The van der Waals surface area contributed by atoms with Crippen molar-refractivity contribution >= 4 is 12.6 Å². The Bertz CT molecular complexity index is 1080. The maximum Gasteiger partial charge on any atom is 0.269 e. The molecule has 5 rings (SSSR count). The number of carbonyl (C=O) groups is 1. The number of aliphatic imine (C=N–C) groups is 1. The largest absolute Gasteiger partial charge is 0.457 e. The standard InChI is InChI=1S/C24H25N5O2/c1-25-14-15-11-16-12-20(23(15)26-16)27-24(30)21-13-19(28-29-21)18-9-5-6-10-22(18)31-17-7-3-2-4-8-17/h2-10,13,15-16,20,23,26H,1,11-12,14H2,(H,27,30)(H,28,29)/t15?,16-,20+,23+/m1/s1. The molecule has 1 aromatic heterocycles. The summed E-state index contributed by atoms with van der Waals surface area (Å²) in [4.78, 5) is 16.9. The molecule has 2 aliphatic heterocycles. The van der Waals surface area contributed by atoms with Gasteiger partial charge in [0.05, 0.1) is 5.69 Å². The number of benzene rings is 2. The van der Waals surface area contributed by atoms with Gasteiger partial charge in [0.1, 0.15) is 17.2 Å². The van der Waals surface area contributed by atoms with Crippen LogP contribution in [-0.4, -0.2) is 47.5 Å². The summed E-state index contributed by atoms with van der Waals surface area (Å²) in [6.45, 7) is 4.35. The highest BCUT2D eigenvalue weighted by Gasteiger charge is 2.46. The summed E-state index contributed by atoms with van der Waals surface area (Å²) in [5.41, 5.74) is 1.92. The van der Waals surface area contributed by atoms with Crippen LogP contribution in [0.15, 0.2) is 65.7 Å². The SMILES string of the molecule is C=NCC1C[C@@H]2C[C@H](NC(=O)c3cc(-c4ccccc4Oc4ccccc4)n[nH]3)[C@H]1N2. The first-order valence-electron chi connectivity index (χ1n) is 10.6. The summed E-state index contributed by atoms with van der Waals surface area (Å²) in [6.07, 6.45) is 2.04. The zero-order valence-electron chi connectivity index (χ0n) is 17.1. The predicted octanol–water partition coefficient (Wildman–Crippen LogP) is 3.42. The Labute approximate surface area is 180 Å². The van der Waals surface area contributed by atoms with Crippen molar-refractivity contribution in [2.75, 3.05) is 6.54 Å². The summed E-state index contributed by atoms with van der Waals surface area (Å²) in [7, 11) is 0. The smallest absolute Gasteiger partial charge is 0.269 e. The first kappa shape index (κ1) is 19.5. The van der Waals surface area contributed by atoms with Gasteiger partial charge in [0, 0.05) is 30.2 Å². The van der Waals surface area contributed by atoms with Crippen molar-refractivity contribution in [3.05, 3.63) is 66.4 Å². The molecule has 7 heteroatoms. The third-order valence-corrected chi connectivity index (χ3v) is 6.13. The number of nitrogens with zero attached hydrogens (tertiary/aromatic N) is 2. The third kappa shape index (κ3) is 3.96. The summed E-state index contributed by atoms with van der Waals surface area (Å²) >= 11 is 0. The molecular formula is C24H25N5O2. The molecule has 2 bridgehead atoms. The summed E-state index contributed by atoms with van der Waals surface area (Å²) in [5, 5.41) is 14.0. The van der Waals surface area contributed by atoms with Gasteiger partial charge in [-0.15, -0.1) is 0 Å². The van der Waals surface area contributed by atoms with Crippen molar-refractivity contribution in [1.82, 2.24) is 20.8 Å². The fourth-order valence-electron chi connectivity index (χ4n) is 4.76. The van der Waals surface area contributed by atoms with Gasteiger partial charge >= 0.3 is 0 Å². The maximum absolute atomic E-state index is 12.9. The van der Waals surface area contributed by atoms with E-state index in [0.29, 0.717) is 29.1 Å². The van der Waals surface area contributed by atoms with Crippen LogP contribution in [0.2, 0.25) is 0 Å². The molecule has 0 spiro atoms. The Morgan fingerprint density at radius 1 is 1.16 bits per heavy atom. The average molecular weight is 415 g/mol. The van der Waals surface area contributed by atoms with Gasteiger partial charge in [0.25, 0.3) is 5.91 Å². The number of amides is 1. The van der Waals surface area contributed by atoms with Gasteiger partial charge in [-0.05, 0) is 55.8 Å². The minimum atomic E-state index is -0.148. The Morgan fingerprint density at radius 2 is 1.97 bits per heavy atom. The molecule has 7 nitrogen and oxygen atoms in total. The topological polar surface area (TPSA) is 91.4 Å². The van der Waals surface area contributed by atoms with E-state index >= 15 is 0 Å². The lowest BCUT2D eigenvalue weighted by Crippen LogP contribution is -2.47. The molecule has 0 saturated carbocycles. The van der Waals surface area contributed by atoms with E-state index in [1.807, 2.05) is 54.6 Å². The number of H-pyrrole nitrogens is 1. The van der Waals surface area contributed by atoms with Gasteiger partial charge in [0.15, 0.2) is 0 Å². The Balaban J connectivity index is 1.31. The summed E-state index contributed by atoms with van der Waals surface area (Å²) in [6, 6.07) is 19.8. The zero-order valence-corrected chi connectivity index (χ0v) is 17.1. The van der Waals surface area contributed by atoms with Gasteiger partial charge in [0.2, 0.25) is 0 Å². The molecule has 1 amide bonds. The van der Waals surface area contributed by atoms with Crippen LogP contribution < -0.4 is 15.4 Å². The molecule has 158 valence electrons. The normalized spacial score (nSPS) is 24.1. The van der Waals surface area contributed by atoms with Crippen LogP contribution in [-0.2, 0) is 0 Å². The van der Waals surface area contributed by atoms with E-state index in [-0.39, 0.29) is 18.0 Å². The molecule has 1 unspecified atom stereocenters. The summed E-state index contributed by atoms with van der Waals surface area (Å²) < 4.78 is 6.03. The maximum atomic E-state index is 12.9. The minimum Gasteiger partial charge on any atom is -0.457 e. The molecular weight excluding hydrogens is 390 g/mol. The number of aromatic nitrogens is 2. The number of para-hydroxylation sites is 2. The average Bonchev–Trinajstić information content (AvgIpc) is 3.51. The van der Waals surface area contributed by atoms with E-state index in [9.17, 15) is 4.79 Å². The predicted molar refractivity (Wildman–Crippen MR) is 120 cm³/mol. The van der Waals surface area contributed by atoms with Gasteiger partial charge in [-0.3, -0.25) is 9.89 Å². The van der Waals surface area contributed by atoms with E-state index in [1.54, 1.807) is 6.07 Å². The van der Waals surface area contributed by atoms with Crippen molar-refractivity contribution < 1.29 is 9.53 Å². The molecule has 2 saturated heterocycles. The first-order valence-corrected chi connectivity index (χ1v) is 10.6. The van der Waals surface area contributed by atoms with Gasteiger partial charge in [-0.1, -0.05) is 30.3 Å². The minimum absolute atomic E-state index is 0.0958. The number of fused-ring (bicyclic) bond motifs is 2. The number of nitrogens with one attached hydrogen (secondary N) is 3. The van der Waals surface area contributed by atoms with Gasteiger partial charge in [-0.25, -0.2) is 0 Å². The Hall–Kier alpha value is -3.45. The van der Waals surface area contributed by atoms with Crippen molar-refractivity contribution in [3.63, 3.8) is 0 Å². The van der Waals surface area contributed by atoms with Gasteiger partial charge < -0.3 is 20.4 Å². The molecule has 31 heavy (non-hydrogen) atoms. The van der Waals surface area contributed by atoms with Crippen LogP contribution in [0.1, 0.15) is 23.3 Å². The van der Waals surface area contributed by atoms with Gasteiger partial charge in [-0.2, -0.15) is 5.10 Å². The number of aromatic amines is 1. The van der Waals surface area contributed by atoms with Crippen LogP contribution in [0.25, 0.3) is 11.3 Å². The van der Waals surface area contributed by atoms with Crippen molar-refractivity contribution in [2.24, 2.45) is 10.9 Å². The molecule has 3 N–H and O–H groups in total. The second-order valence-electron chi connectivity index (χ2n) is 8.19. The molecule has 0 aliphatic carbocycles. The van der Waals surface area contributed by atoms with Crippen molar-refractivity contribution in [2.45, 2.75) is 31.0 Å². The Kier molecular flexibility index (Phi) is 5.26. The lowest BCUT2D eigenvalue weighted by Gasteiger charge is -2.27. The Morgan fingerprint density at radius 3 is 2.77 bits per heavy atom. The van der Waals surface area contributed by atoms with E-state index in [1.165, 1.54) is 0 Å². The molecule has 2 aliphatic rings. The highest BCUT2D eigenvalue weighted by atomic mass is 16.5. The highest BCUT2D eigenvalue weighted by Crippen LogP contribution is 2.35. The van der Waals surface area contributed by atoms with Crippen molar-refractivity contribution in [3.8, 4) is 22.8 Å². The third-order valence-electron chi connectivity index (χ3n) is 6.13. The monoisotopic (exact) mass is 415 g/mol. The van der Waals surface area contributed by atoms with Crippen LogP contribution in [0.3, 0.4) is 0 Å². The fourth-order valence-corrected chi connectivity index (χ4v) is 4.76. The number of rotatable bonds is 7. The van der Waals surface area contributed by atoms with Crippen LogP contribution in [0, 0.1) is 5.92 Å². The molecule has 4 atom stereocenters. The lowest BCUT2D eigenvalue weighted by molar-refractivity contribution is 0.0920. The molecule has 2 fully saturated rings.